The number of hydrogen-bond acceptors (Lipinski definition) is 4. The van der Waals surface area contributed by atoms with E-state index in [1.807, 2.05) is 11.3 Å². The Morgan fingerprint density at radius 1 is 1.53 bits per heavy atom. The summed E-state index contributed by atoms with van der Waals surface area (Å²) in [5.74, 6) is 0. The Kier molecular flexibility index (Phi) is 2.30. The molecule has 1 saturated heterocycles. The molecule has 1 atom stereocenters. The van der Waals surface area contributed by atoms with Gasteiger partial charge in [0.15, 0.2) is 0 Å². The quantitative estimate of drug-likeness (QED) is 0.790. The van der Waals surface area contributed by atoms with Crippen molar-refractivity contribution in [3.8, 4) is 0 Å². The van der Waals surface area contributed by atoms with Gasteiger partial charge in [0.2, 0.25) is 0 Å². The average molecular weight is 224 g/mol. The van der Waals surface area contributed by atoms with E-state index in [-0.39, 0.29) is 5.60 Å². The van der Waals surface area contributed by atoms with Crippen LogP contribution in [0, 0.1) is 0 Å². The minimum Gasteiger partial charge on any atom is -0.368 e. The molecule has 1 aromatic rings. The highest BCUT2D eigenvalue weighted by Crippen LogP contribution is 2.39. The number of nitrogens with one attached hydrogen (secondary N) is 1. The molecule has 0 bridgehead atoms. The lowest BCUT2D eigenvalue weighted by Crippen LogP contribution is -2.22. The molecule has 0 spiro atoms. The van der Waals surface area contributed by atoms with Gasteiger partial charge in [0, 0.05) is 31.0 Å². The molecule has 1 fully saturated rings. The number of hydrogen-bond donors (Lipinski definition) is 1. The third-order valence-corrected chi connectivity index (χ3v) is 4.62. The summed E-state index contributed by atoms with van der Waals surface area (Å²) in [6, 6.07) is 0. The van der Waals surface area contributed by atoms with Crippen LogP contribution in [0.4, 0.5) is 0 Å². The fraction of sp³-hybridized carbons (Fsp3) is 0.727. The maximum absolute atomic E-state index is 5.83. The smallest absolute Gasteiger partial charge is 0.125 e. The van der Waals surface area contributed by atoms with Crippen LogP contribution < -0.4 is 5.32 Å². The van der Waals surface area contributed by atoms with Gasteiger partial charge in [-0.1, -0.05) is 0 Å². The molecule has 3 nitrogen and oxygen atoms in total. The number of thiazole rings is 1. The van der Waals surface area contributed by atoms with E-state index in [0.717, 1.165) is 32.5 Å². The molecule has 0 radical (unpaired) electrons. The highest BCUT2D eigenvalue weighted by atomic mass is 32.1. The summed E-state index contributed by atoms with van der Waals surface area (Å²) in [4.78, 5) is 6.17. The molecule has 82 valence electrons. The van der Waals surface area contributed by atoms with Crippen molar-refractivity contribution in [1.29, 1.82) is 0 Å². The molecule has 0 aromatic carbocycles. The minimum absolute atomic E-state index is 0.0952. The standard InChI is InChI=1S/C11H16N2OS/c1-11(4-2-6-14-11)10-13-8-3-5-12-7-9(8)15-10/h12H,2-7H2,1H3. The Bertz CT molecular complexity index is 345. The first-order chi connectivity index (χ1) is 7.28. The SMILES string of the molecule is CC1(c2nc3c(s2)CNCC3)CCCO1. The Labute approximate surface area is 93.9 Å². The van der Waals surface area contributed by atoms with E-state index >= 15 is 0 Å². The highest BCUT2D eigenvalue weighted by Gasteiger charge is 2.35. The van der Waals surface area contributed by atoms with Crippen LogP contribution in [-0.2, 0) is 23.3 Å². The van der Waals surface area contributed by atoms with E-state index in [4.69, 9.17) is 9.72 Å². The van der Waals surface area contributed by atoms with Gasteiger partial charge in [-0.3, -0.25) is 0 Å². The first-order valence-corrected chi connectivity index (χ1v) is 6.43. The van der Waals surface area contributed by atoms with Crippen LogP contribution in [0.3, 0.4) is 0 Å². The van der Waals surface area contributed by atoms with E-state index < -0.39 is 0 Å². The van der Waals surface area contributed by atoms with Gasteiger partial charge in [-0.25, -0.2) is 4.98 Å². The summed E-state index contributed by atoms with van der Waals surface area (Å²) in [5, 5.41) is 4.58. The van der Waals surface area contributed by atoms with Crippen LogP contribution in [0.25, 0.3) is 0 Å². The van der Waals surface area contributed by atoms with Gasteiger partial charge in [-0.15, -0.1) is 11.3 Å². The fourth-order valence-electron chi connectivity index (χ4n) is 2.30. The number of ether oxygens (including phenoxy) is 1. The largest absolute Gasteiger partial charge is 0.368 e. The topological polar surface area (TPSA) is 34.2 Å². The summed E-state index contributed by atoms with van der Waals surface area (Å²) < 4.78 is 5.83. The minimum atomic E-state index is -0.0952. The zero-order valence-electron chi connectivity index (χ0n) is 9.01. The van der Waals surface area contributed by atoms with Crippen LogP contribution in [-0.4, -0.2) is 18.1 Å². The van der Waals surface area contributed by atoms with Gasteiger partial charge < -0.3 is 10.1 Å². The zero-order valence-corrected chi connectivity index (χ0v) is 9.82. The number of fused-ring (bicyclic) bond motifs is 1. The predicted molar refractivity (Wildman–Crippen MR) is 60.1 cm³/mol. The second-order valence-electron chi connectivity index (χ2n) is 4.50. The second-order valence-corrected chi connectivity index (χ2v) is 5.58. The summed E-state index contributed by atoms with van der Waals surface area (Å²) in [5.41, 5.74) is 1.20. The van der Waals surface area contributed by atoms with Crippen LogP contribution in [0.15, 0.2) is 0 Å². The molecule has 1 aromatic heterocycles. The number of nitrogens with zero attached hydrogens (tertiary/aromatic N) is 1. The van der Waals surface area contributed by atoms with Gasteiger partial charge in [0.05, 0.1) is 5.69 Å². The van der Waals surface area contributed by atoms with E-state index in [0.29, 0.717) is 0 Å². The molecule has 0 aliphatic carbocycles. The van der Waals surface area contributed by atoms with Crippen molar-refractivity contribution in [2.75, 3.05) is 13.2 Å². The lowest BCUT2D eigenvalue weighted by molar-refractivity contribution is 0.0165. The molecule has 0 saturated carbocycles. The van der Waals surface area contributed by atoms with Crippen LogP contribution in [0.1, 0.15) is 35.3 Å². The number of rotatable bonds is 1. The Hall–Kier alpha value is -0.450. The van der Waals surface area contributed by atoms with E-state index in [1.165, 1.54) is 22.0 Å². The summed E-state index contributed by atoms with van der Waals surface area (Å²) in [6.45, 7) is 5.12. The summed E-state index contributed by atoms with van der Waals surface area (Å²) in [6.07, 6.45) is 3.35. The third-order valence-electron chi connectivity index (χ3n) is 3.27. The summed E-state index contributed by atoms with van der Waals surface area (Å²) in [7, 11) is 0. The Morgan fingerprint density at radius 2 is 2.47 bits per heavy atom. The van der Waals surface area contributed by atoms with E-state index in [9.17, 15) is 0 Å². The predicted octanol–water partition coefficient (Wildman–Crippen LogP) is 1.81. The molecule has 1 unspecified atom stereocenters. The summed E-state index contributed by atoms with van der Waals surface area (Å²) >= 11 is 1.83. The molecule has 2 aliphatic heterocycles. The van der Waals surface area contributed by atoms with Crippen LogP contribution >= 0.6 is 11.3 Å². The molecule has 0 amide bonds. The Morgan fingerprint density at radius 3 is 3.20 bits per heavy atom. The van der Waals surface area contributed by atoms with Gasteiger partial charge >= 0.3 is 0 Å². The maximum Gasteiger partial charge on any atom is 0.125 e. The molecular formula is C11H16N2OS. The van der Waals surface area contributed by atoms with E-state index in [2.05, 4.69) is 12.2 Å². The van der Waals surface area contributed by atoms with Crippen molar-refractivity contribution in [2.45, 2.75) is 38.3 Å². The van der Waals surface area contributed by atoms with Crippen molar-refractivity contribution < 1.29 is 4.74 Å². The third kappa shape index (κ3) is 1.61. The fourth-order valence-corrected chi connectivity index (χ4v) is 3.51. The number of aromatic nitrogens is 1. The first kappa shape index (κ1) is 9.75. The first-order valence-electron chi connectivity index (χ1n) is 5.62. The molecule has 3 rings (SSSR count). The molecule has 4 heteroatoms. The second kappa shape index (κ2) is 3.54. The van der Waals surface area contributed by atoms with Crippen molar-refractivity contribution >= 4 is 11.3 Å². The van der Waals surface area contributed by atoms with Crippen LogP contribution in [0.2, 0.25) is 0 Å². The average Bonchev–Trinajstić information content (AvgIpc) is 2.84. The van der Waals surface area contributed by atoms with Crippen LogP contribution in [0.5, 0.6) is 0 Å². The maximum atomic E-state index is 5.83. The molecule has 3 heterocycles. The molecule has 2 aliphatic rings. The monoisotopic (exact) mass is 224 g/mol. The van der Waals surface area contributed by atoms with Crippen molar-refractivity contribution in [3.63, 3.8) is 0 Å². The van der Waals surface area contributed by atoms with Crippen molar-refractivity contribution in [3.05, 3.63) is 15.6 Å². The molecule has 15 heavy (non-hydrogen) atoms. The van der Waals surface area contributed by atoms with Gasteiger partial charge in [-0.2, -0.15) is 0 Å². The molecular weight excluding hydrogens is 208 g/mol. The van der Waals surface area contributed by atoms with Gasteiger partial charge in [0.25, 0.3) is 0 Å². The lowest BCUT2D eigenvalue weighted by atomic mass is 10.0. The van der Waals surface area contributed by atoms with Crippen molar-refractivity contribution in [2.24, 2.45) is 0 Å². The van der Waals surface area contributed by atoms with Gasteiger partial charge in [0.1, 0.15) is 10.6 Å². The van der Waals surface area contributed by atoms with Crippen molar-refractivity contribution in [1.82, 2.24) is 10.3 Å². The van der Waals surface area contributed by atoms with Gasteiger partial charge in [-0.05, 0) is 19.8 Å². The lowest BCUT2D eigenvalue weighted by Gasteiger charge is -2.19. The Balaban J connectivity index is 1.95. The molecule has 1 N–H and O–H groups in total. The zero-order chi connectivity index (χ0) is 10.3. The highest BCUT2D eigenvalue weighted by molar-refractivity contribution is 7.11. The normalized spacial score (nSPS) is 30.5. The van der Waals surface area contributed by atoms with E-state index in [1.54, 1.807) is 0 Å².